The predicted molar refractivity (Wildman–Crippen MR) is 62.0 cm³/mol. The van der Waals surface area contributed by atoms with Crippen LogP contribution in [0.1, 0.15) is 16.1 Å². The van der Waals surface area contributed by atoms with E-state index in [-0.39, 0.29) is 18.0 Å². The van der Waals surface area contributed by atoms with Crippen molar-refractivity contribution in [3.8, 4) is 5.75 Å². The summed E-state index contributed by atoms with van der Waals surface area (Å²) < 4.78 is 19.7. The average molecular weight is 249 g/mol. The van der Waals surface area contributed by atoms with E-state index in [0.29, 0.717) is 11.3 Å². The zero-order chi connectivity index (χ0) is 13.1. The molecule has 6 heteroatoms. The van der Waals surface area contributed by atoms with E-state index in [1.165, 1.54) is 23.9 Å². The van der Waals surface area contributed by atoms with Crippen molar-refractivity contribution in [3.05, 3.63) is 41.5 Å². The van der Waals surface area contributed by atoms with E-state index in [9.17, 15) is 9.18 Å². The van der Waals surface area contributed by atoms with E-state index < -0.39 is 5.82 Å². The molecule has 0 aliphatic carbocycles. The average Bonchev–Trinajstić information content (AvgIpc) is 2.74. The summed E-state index contributed by atoms with van der Waals surface area (Å²) in [6.45, 7) is 0. The Bertz CT molecular complexity index is 580. The van der Waals surface area contributed by atoms with E-state index in [4.69, 9.17) is 4.74 Å². The molecular formula is C12H12FN3O2. The van der Waals surface area contributed by atoms with Crippen molar-refractivity contribution in [2.45, 2.75) is 6.42 Å². The van der Waals surface area contributed by atoms with Crippen LogP contribution in [0.4, 0.5) is 4.39 Å². The molecule has 1 aromatic carbocycles. The van der Waals surface area contributed by atoms with Gasteiger partial charge in [-0.15, -0.1) is 5.10 Å². The standard InChI is InChI=1S/C12H12FN3O2/c1-16-7-9(14-15-16)6-11(17)8-3-4-12(18-2)10(13)5-8/h3-5,7H,6H2,1-2H3. The molecule has 1 aromatic heterocycles. The molecule has 18 heavy (non-hydrogen) atoms. The molecular weight excluding hydrogens is 237 g/mol. The molecule has 0 aliphatic heterocycles. The molecule has 0 aliphatic rings. The molecule has 0 unspecified atom stereocenters. The van der Waals surface area contributed by atoms with E-state index in [1.807, 2.05) is 0 Å². The number of halogens is 1. The highest BCUT2D eigenvalue weighted by Crippen LogP contribution is 2.18. The van der Waals surface area contributed by atoms with Crippen molar-refractivity contribution in [2.24, 2.45) is 7.05 Å². The second kappa shape index (κ2) is 4.95. The molecule has 0 bridgehead atoms. The van der Waals surface area contributed by atoms with Gasteiger partial charge in [-0.3, -0.25) is 9.48 Å². The molecule has 0 atom stereocenters. The van der Waals surface area contributed by atoms with Crippen LogP contribution in [0.2, 0.25) is 0 Å². The van der Waals surface area contributed by atoms with Gasteiger partial charge in [-0.1, -0.05) is 5.21 Å². The number of hydrogen-bond donors (Lipinski definition) is 0. The van der Waals surface area contributed by atoms with Crippen LogP contribution in [-0.4, -0.2) is 27.9 Å². The summed E-state index contributed by atoms with van der Waals surface area (Å²) in [5, 5.41) is 7.54. The number of carbonyl (C=O) groups is 1. The van der Waals surface area contributed by atoms with Crippen LogP contribution in [0.5, 0.6) is 5.75 Å². The fourth-order valence-corrected chi connectivity index (χ4v) is 1.58. The quantitative estimate of drug-likeness (QED) is 0.768. The molecule has 2 aromatic rings. The minimum atomic E-state index is -0.553. The van der Waals surface area contributed by atoms with Gasteiger partial charge in [0.15, 0.2) is 17.3 Å². The first-order valence-corrected chi connectivity index (χ1v) is 5.32. The third-order valence-electron chi connectivity index (χ3n) is 2.47. The number of benzene rings is 1. The van der Waals surface area contributed by atoms with Crippen LogP contribution in [0.25, 0.3) is 0 Å². The van der Waals surface area contributed by atoms with Gasteiger partial charge in [0.05, 0.1) is 19.2 Å². The predicted octanol–water partition coefficient (Wildman–Crippen LogP) is 1.39. The highest BCUT2D eigenvalue weighted by atomic mass is 19.1. The topological polar surface area (TPSA) is 57.0 Å². The Labute approximate surface area is 103 Å². The Morgan fingerprint density at radius 1 is 1.50 bits per heavy atom. The summed E-state index contributed by atoms with van der Waals surface area (Å²) in [5.41, 5.74) is 0.845. The first-order chi connectivity index (χ1) is 8.60. The summed E-state index contributed by atoms with van der Waals surface area (Å²) in [6, 6.07) is 4.12. The number of hydrogen-bond acceptors (Lipinski definition) is 4. The summed E-state index contributed by atoms with van der Waals surface area (Å²) in [4.78, 5) is 11.9. The Morgan fingerprint density at radius 3 is 2.83 bits per heavy atom. The minimum Gasteiger partial charge on any atom is -0.494 e. The molecule has 0 saturated carbocycles. The lowest BCUT2D eigenvalue weighted by molar-refractivity contribution is 0.0991. The fraction of sp³-hybridized carbons (Fsp3) is 0.250. The van der Waals surface area contributed by atoms with Crippen LogP contribution in [0.15, 0.2) is 24.4 Å². The Morgan fingerprint density at radius 2 is 2.28 bits per heavy atom. The Hall–Kier alpha value is -2.24. The van der Waals surface area contributed by atoms with Gasteiger partial charge in [-0.05, 0) is 18.2 Å². The van der Waals surface area contributed by atoms with Crippen molar-refractivity contribution in [3.63, 3.8) is 0 Å². The number of aryl methyl sites for hydroxylation is 1. The Kier molecular flexibility index (Phi) is 3.36. The first-order valence-electron chi connectivity index (χ1n) is 5.32. The van der Waals surface area contributed by atoms with E-state index in [2.05, 4.69) is 10.3 Å². The molecule has 2 rings (SSSR count). The highest BCUT2D eigenvalue weighted by molar-refractivity contribution is 5.97. The van der Waals surface area contributed by atoms with Crippen molar-refractivity contribution in [1.82, 2.24) is 15.0 Å². The summed E-state index contributed by atoms with van der Waals surface area (Å²) in [7, 11) is 3.09. The van der Waals surface area contributed by atoms with Gasteiger partial charge < -0.3 is 4.74 Å². The number of methoxy groups -OCH3 is 1. The van der Waals surface area contributed by atoms with Gasteiger partial charge in [0, 0.05) is 18.8 Å². The van der Waals surface area contributed by atoms with Crippen molar-refractivity contribution < 1.29 is 13.9 Å². The van der Waals surface area contributed by atoms with Gasteiger partial charge in [0.1, 0.15) is 0 Å². The number of nitrogens with zero attached hydrogens (tertiary/aromatic N) is 3. The van der Waals surface area contributed by atoms with E-state index in [1.54, 1.807) is 13.2 Å². The molecule has 0 radical (unpaired) electrons. The number of aromatic nitrogens is 3. The molecule has 1 heterocycles. The second-order valence-electron chi connectivity index (χ2n) is 3.83. The van der Waals surface area contributed by atoms with Crippen molar-refractivity contribution >= 4 is 5.78 Å². The van der Waals surface area contributed by atoms with Gasteiger partial charge in [-0.25, -0.2) is 4.39 Å². The SMILES string of the molecule is COc1ccc(C(=O)Cc2cn(C)nn2)cc1F. The van der Waals surface area contributed by atoms with E-state index >= 15 is 0 Å². The largest absolute Gasteiger partial charge is 0.494 e. The van der Waals surface area contributed by atoms with Crippen LogP contribution in [0, 0.1) is 5.82 Å². The van der Waals surface area contributed by atoms with Crippen molar-refractivity contribution in [1.29, 1.82) is 0 Å². The van der Waals surface area contributed by atoms with Crippen molar-refractivity contribution in [2.75, 3.05) is 7.11 Å². The molecule has 94 valence electrons. The number of carbonyl (C=O) groups excluding carboxylic acids is 1. The molecule has 0 spiro atoms. The number of ketones is 1. The van der Waals surface area contributed by atoms with Gasteiger partial charge in [-0.2, -0.15) is 0 Å². The third kappa shape index (κ3) is 2.53. The lowest BCUT2D eigenvalue weighted by Gasteiger charge is -2.03. The maximum absolute atomic E-state index is 13.4. The smallest absolute Gasteiger partial charge is 0.169 e. The number of rotatable bonds is 4. The fourth-order valence-electron chi connectivity index (χ4n) is 1.58. The number of Topliss-reactive ketones (excluding diaryl/α,β-unsaturated/α-hetero) is 1. The zero-order valence-electron chi connectivity index (χ0n) is 10.1. The normalized spacial score (nSPS) is 10.4. The van der Waals surface area contributed by atoms with Crippen LogP contribution in [-0.2, 0) is 13.5 Å². The number of ether oxygens (including phenoxy) is 1. The molecule has 0 amide bonds. The molecule has 0 N–H and O–H groups in total. The summed E-state index contributed by atoms with van der Waals surface area (Å²) in [5.74, 6) is -0.648. The lowest BCUT2D eigenvalue weighted by atomic mass is 10.1. The highest BCUT2D eigenvalue weighted by Gasteiger charge is 2.12. The van der Waals surface area contributed by atoms with Crippen LogP contribution >= 0.6 is 0 Å². The summed E-state index contributed by atoms with van der Waals surface area (Å²) >= 11 is 0. The van der Waals surface area contributed by atoms with Crippen LogP contribution < -0.4 is 4.74 Å². The molecule has 5 nitrogen and oxygen atoms in total. The zero-order valence-corrected chi connectivity index (χ0v) is 10.1. The van der Waals surface area contributed by atoms with E-state index in [0.717, 1.165) is 6.07 Å². The monoisotopic (exact) mass is 249 g/mol. The van der Waals surface area contributed by atoms with Gasteiger partial charge >= 0.3 is 0 Å². The second-order valence-corrected chi connectivity index (χ2v) is 3.83. The molecule has 0 fully saturated rings. The molecule has 0 saturated heterocycles. The van der Waals surface area contributed by atoms with Gasteiger partial charge in [0.2, 0.25) is 0 Å². The minimum absolute atomic E-state index is 0.0968. The maximum Gasteiger partial charge on any atom is 0.169 e. The first kappa shape index (κ1) is 12.2. The third-order valence-corrected chi connectivity index (χ3v) is 2.47. The van der Waals surface area contributed by atoms with Gasteiger partial charge in [0.25, 0.3) is 0 Å². The summed E-state index contributed by atoms with van der Waals surface area (Å²) in [6.07, 6.45) is 1.75. The Balaban J connectivity index is 2.16. The maximum atomic E-state index is 13.4. The lowest BCUT2D eigenvalue weighted by Crippen LogP contribution is -2.05. The van der Waals surface area contributed by atoms with Crippen LogP contribution in [0.3, 0.4) is 0 Å².